The van der Waals surface area contributed by atoms with Crippen molar-refractivity contribution >= 4 is 27.3 Å². The number of primary sulfonamides is 1. The van der Waals surface area contributed by atoms with Gasteiger partial charge in [-0.1, -0.05) is 11.6 Å². The molecule has 82 valence electrons. The summed E-state index contributed by atoms with van der Waals surface area (Å²) < 4.78 is 34.7. The van der Waals surface area contributed by atoms with Crippen molar-refractivity contribution in [2.75, 3.05) is 0 Å². The molecule has 6 nitrogen and oxygen atoms in total. The van der Waals surface area contributed by atoms with Gasteiger partial charge >= 0.3 is 0 Å². The molecule has 0 bridgehead atoms. The molecule has 0 amide bonds. The fourth-order valence-electron chi connectivity index (χ4n) is 0.889. The topological polar surface area (TPSA) is 103 Å². The number of sulfonamides is 1. The normalized spacial score (nSPS) is 11.4. The molecule has 0 aliphatic rings. The van der Waals surface area contributed by atoms with Gasteiger partial charge in [0.25, 0.3) is 5.69 Å². The summed E-state index contributed by atoms with van der Waals surface area (Å²) >= 11 is 5.28. The molecular formula is C6H4ClFN2O4S. The van der Waals surface area contributed by atoms with E-state index in [9.17, 15) is 22.9 Å². The first-order chi connectivity index (χ1) is 6.73. The van der Waals surface area contributed by atoms with Crippen LogP contribution in [0.1, 0.15) is 0 Å². The van der Waals surface area contributed by atoms with E-state index < -0.39 is 36.4 Å². The van der Waals surface area contributed by atoms with Crippen molar-refractivity contribution in [2.24, 2.45) is 5.14 Å². The van der Waals surface area contributed by atoms with Gasteiger partial charge in [-0.25, -0.2) is 17.9 Å². The number of hydrogen-bond acceptors (Lipinski definition) is 4. The maximum atomic E-state index is 12.8. The lowest BCUT2D eigenvalue weighted by Crippen LogP contribution is -2.14. The molecule has 0 saturated carbocycles. The summed E-state index contributed by atoms with van der Waals surface area (Å²) in [5.41, 5.74) is -0.945. The van der Waals surface area contributed by atoms with Crippen molar-refractivity contribution in [2.45, 2.75) is 4.90 Å². The van der Waals surface area contributed by atoms with Gasteiger partial charge in [-0.3, -0.25) is 10.1 Å². The Morgan fingerprint density at radius 1 is 1.47 bits per heavy atom. The van der Waals surface area contributed by atoms with E-state index in [4.69, 9.17) is 16.7 Å². The average Bonchev–Trinajstić information content (AvgIpc) is 2.06. The largest absolute Gasteiger partial charge is 0.292 e. The highest BCUT2D eigenvalue weighted by Crippen LogP contribution is 2.28. The van der Waals surface area contributed by atoms with E-state index in [1.54, 1.807) is 0 Å². The lowest BCUT2D eigenvalue weighted by molar-refractivity contribution is -0.388. The van der Waals surface area contributed by atoms with E-state index >= 15 is 0 Å². The van der Waals surface area contributed by atoms with Gasteiger partial charge in [0.1, 0.15) is 5.82 Å². The Bertz CT molecular complexity index is 530. The van der Waals surface area contributed by atoms with Gasteiger partial charge in [0, 0.05) is 0 Å². The third-order valence-electron chi connectivity index (χ3n) is 1.51. The first-order valence-corrected chi connectivity index (χ1v) is 5.32. The third-order valence-corrected chi connectivity index (χ3v) is 2.73. The SMILES string of the molecule is NS(=O)(=O)c1cc(Cl)c(F)cc1[N+](=O)[O-]. The highest BCUT2D eigenvalue weighted by atomic mass is 35.5. The quantitative estimate of drug-likeness (QED) is 0.629. The number of hydrogen-bond donors (Lipinski definition) is 1. The van der Waals surface area contributed by atoms with Crippen LogP contribution >= 0.6 is 11.6 Å². The van der Waals surface area contributed by atoms with Crippen LogP contribution in [0, 0.1) is 15.9 Å². The fraction of sp³-hybridized carbons (Fsp3) is 0. The Hall–Kier alpha value is -1.25. The number of nitrogens with zero attached hydrogens (tertiary/aromatic N) is 1. The summed E-state index contributed by atoms with van der Waals surface area (Å²) in [6, 6.07) is 1.01. The number of nitro groups is 1. The Balaban J connectivity index is 3.64. The molecule has 9 heteroatoms. The molecule has 0 unspecified atom stereocenters. The maximum Gasteiger partial charge on any atom is 0.292 e. The lowest BCUT2D eigenvalue weighted by Gasteiger charge is -2.01. The average molecular weight is 255 g/mol. The molecule has 15 heavy (non-hydrogen) atoms. The molecule has 1 aromatic rings. The van der Waals surface area contributed by atoms with Gasteiger partial charge in [0.15, 0.2) is 4.90 Å². The molecule has 0 aliphatic heterocycles. The smallest absolute Gasteiger partial charge is 0.258 e. The highest BCUT2D eigenvalue weighted by Gasteiger charge is 2.25. The van der Waals surface area contributed by atoms with Crippen LogP contribution in [0.25, 0.3) is 0 Å². The van der Waals surface area contributed by atoms with Gasteiger partial charge in [-0.05, 0) is 6.07 Å². The molecule has 0 heterocycles. The van der Waals surface area contributed by atoms with Crippen LogP contribution in [0.5, 0.6) is 0 Å². The first kappa shape index (κ1) is 11.8. The maximum absolute atomic E-state index is 12.8. The highest BCUT2D eigenvalue weighted by molar-refractivity contribution is 7.89. The van der Waals surface area contributed by atoms with E-state index in [1.165, 1.54) is 0 Å². The molecule has 0 atom stereocenters. The van der Waals surface area contributed by atoms with Crippen molar-refractivity contribution in [3.8, 4) is 0 Å². The van der Waals surface area contributed by atoms with Crippen LogP contribution < -0.4 is 5.14 Å². The zero-order chi connectivity index (χ0) is 11.8. The van der Waals surface area contributed by atoms with Crippen LogP contribution in [0.15, 0.2) is 17.0 Å². The molecule has 0 fully saturated rings. The predicted molar refractivity (Wildman–Crippen MR) is 49.4 cm³/mol. The minimum Gasteiger partial charge on any atom is -0.258 e. The third kappa shape index (κ3) is 2.41. The van der Waals surface area contributed by atoms with Crippen molar-refractivity contribution in [1.82, 2.24) is 0 Å². The van der Waals surface area contributed by atoms with Crippen LogP contribution in [0.3, 0.4) is 0 Å². The fourth-order valence-corrected chi connectivity index (χ4v) is 1.82. The molecule has 0 aromatic heterocycles. The van der Waals surface area contributed by atoms with E-state index in [1.807, 2.05) is 0 Å². The summed E-state index contributed by atoms with van der Waals surface area (Å²) in [4.78, 5) is 8.53. The number of nitro benzene ring substituents is 1. The monoisotopic (exact) mass is 254 g/mol. The van der Waals surface area contributed by atoms with Crippen molar-refractivity contribution < 1.29 is 17.7 Å². The number of halogens is 2. The van der Waals surface area contributed by atoms with Crippen molar-refractivity contribution in [3.05, 3.63) is 33.1 Å². The molecule has 1 aromatic carbocycles. The summed E-state index contributed by atoms with van der Waals surface area (Å²) in [7, 11) is -4.31. The molecule has 1 rings (SSSR count). The predicted octanol–water partition coefficient (Wildman–Crippen LogP) is 1.03. The summed E-state index contributed by atoms with van der Waals surface area (Å²) in [5, 5.41) is 14.6. The summed E-state index contributed by atoms with van der Waals surface area (Å²) in [5.74, 6) is -1.09. The van der Waals surface area contributed by atoms with Gasteiger partial charge in [0.2, 0.25) is 10.0 Å². The minimum atomic E-state index is -4.31. The Morgan fingerprint density at radius 2 is 2.00 bits per heavy atom. The van der Waals surface area contributed by atoms with E-state index in [0.717, 1.165) is 0 Å². The number of rotatable bonds is 2. The Kier molecular flexibility index (Phi) is 2.93. The second kappa shape index (κ2) is 3.72. The summed E-state index contributed by atoms with van der Waals surface area (Å²) in [6.45, 7) is 0. The molecule has 0 radical (unpaired) electrons. The lowest BCUT2D eigenvalue weighted by atomic mass is 10.3. The van der Waals surface area contributed by atoms with E-state index in [-0.39, 0.29) is 0 Å². The Morgan fingerprint density at radius 3 is 2.40 bits per heavy atom. The second-order valence-electron chi connectivity index (χ2n) is 2.54. The molecule has 0 saturated heterocycles. The molecule has 2 N–H and O–H groups in total. The van der Waals surface area contributed by atoms with Gasteiger partial charge in [0.05, 0.1) is 16.0 Å². The van der Waals surface area contributed by atoms with E-state index in [2.05, 4.69) is 0 Å². The zero-order valence-corrected chi connectivity index (χ0v) is 8.55. The Labute approximate surface area is 88.7 Å². The number of benzene rings is 1. The van der Waals surface area contributed by atoms with Crippen LogP contribution in [0.4, 0.5) is 10.1 Å². The van der Waals surface area contributed by atoms with Gasteiger partial charge < -0.3 is 0 Å². The summed E-state index contributed by atoms with van der Waals surface area (Å²) in [6.07, 6.45) is 0. The van der Waals surface area contributed by atoms with Crippen molar-refractivity contribution in [1.29, 1.82) is 0 Å². The first-order valence-electron chi connectivity index (χ1n) is 3.39. The van der Waals surface area contributed by atoms with Crippen LogP contribution in [-0.2, 0) is 10.0 Å². The molecule has 0 aliphatic carbocycles. The van der Waals surface area contributed by atoms with Gasteiger partial charge in [-0.2, -0.15) is 0 Å². The van der Waals surface area contributed by atoms with Crippen LogP contribution in [0.2, 0.25) is 5.02 Å². The van der Waals surface area contributed by atoms with Crippen LogP contribution in [-0.4, -0.2) is 13.3 Å². The van der Waals surface area contributed by atoms with E-state index in [0.29, 0.717) is 12.1 Å². The van der Waals surface area contributed by atoms with Crippen molar-refractivity contribution in [3.63, 3.8) is 0 Å². The van der Waals surface area contributed by atoms with Gasteiger partial charge in [-0.15, -0.1) is 0 Å². The molecule has 0 spiro atoms. The minimum absolute atomic E-state index is 0.405. The zero-order valence-electron chi connectivity index (χ0n) is 6.98. The second-order valence-corrected chi connectivity index (χ2v) is 4.47. The molecular weight excluding hydrogens is 251 g/mol. The number of nitrogens with two attached hydrogens (primary N) is 1. The standard InChI is InChI=1S/C6H4ClFN2O4S/c7-3-1-6(15(9,13)14)5(10(11)12)2-4(3)8/h1-2H,(H2,9,13,14).